The number of rotatable bonds is 7. The Balaban J connectivity index is 1.66. The fraction of sp³-hybridized carbons (Fsp3) is 0.250. The van der Waals surface area contributed by atoms with Crippen LogP contribution in [0.15, 0.2) is 53.1 Å². The van der Waals surface area contributed by atoms with E-state index in [2.05, 4.69) is 10.6 Å². The summed E-state index contributed by atoms with van der Waals surface area (Å²) in [6, 6.07) is 12.2. The van der Waals surface area contributed by atoms with Gasteiger partial charge in [-0.1, -0.05) is 30.3 Å². The molecular formula is C16H19N3O3. The summed E-state index contributed by atoms with van der Waals surface area (Å²) in [5.41, 5.74) is 6.86. The molecule has 1 unspecified atom stereocenters. The number of furan rings is 1. The first-order chi connectivity index (χ1) is 10.7. The van der Waals surface area contributed by atoms with Crippen LogP contribution in [0.4, 0.5) is 0 Å². The van der Waals surface area contributed by atoms with E-state index in [-0.39, 0.29) is 17.6 Å². The van der Waals surface area contributed by atoms with Gasteiger partial charge in [0.25, 0.3) is 5.91 Å². The van der Waals surface area contributed by atoms with Gasteiger partial charge in [0, 0.05) is 13.1 Å². The normalized spacial score (nSPS) is 11.7. The molecule has 1 aromatic heterocycles. The number of hydrogen-bond donors (Lipinski definition) is 3. The summed E-state index contributed by atoms with van der Waals surface area (Å²) >= 11 is 0. The summed E-state index contributed by atoms with van der Waals surface area (Å²) in [5.74, 6) is -0.309. The van der Waals surface area contributed by atoms with Crippen LogP contribution in [-0.2, 0) is 11.2 Å². The van der Waals surface area contributed by atoms with E-state index in [9.17, 15) is 9.59 Å². The van der Waals surface area contributed by atoms with E-state index in [0.29, 0.717) is 19.5 Å². The molecule has 2 rings (SSSR count). The minimum Gasteiger partial charge on any atom is -0.459 e. The molecule has 0 bridgehead atoms. The lowest BCUT2D eigenvalue weighted by atomic mass is 10.1. The highest BCUT2D eigenvalue weighted by molar-refractivity contribution is 5.91. The first-order valence-electron chi connectivity index (χ1n) is 7.06. The molecule has 22 heavy (non-hydrogen) atoms. The van der Waals surface area contributed by atoms with Crippen molar-refractivity contribution in [3.63, 3.8) is 0 Å². The standard InChI is InChI=1S/C16H19N3O3/c17-13(11-12-5-2-1-3-6-12)15(20)18-8-9-19-16(21)14-7-4-10-22-14/h1-7,10,13H,8-9,11,17H2,(H,18,20)(H,19,21). The third kappa shape index (κ3) is 4.75. The Morgan fingerprint density at radius 2 is 1.77 bits per heavy atom. The van der Waals surface area contributed by atoms with E-state index in [1.807, 2.05) is 30.3 Å². The number of nitrogens with one attached hydrogen (secondary N) is 2. The Morgan fingerprint density at radius 3 is 2.45 bits per heavy atom. The molecule has 0 saturated heterocycles. The van der Waals surface area contributed by atoms with Gasteiger partial charge in [-0.15, -0.1) is 0 Å². The molecule has 6 heteroatoms. The maximum Gasteiger partial charge on any atom is 0.287 e. The first kappa shape index (κ1) is 15.8. The highest BCUT2D eigenvalue weighted by Gasteiger charge is 2.13. The molecule has 0 fully saturated rings. The van der Waals surface area contributed by atoms with Crippen molar-refractivity contribution in [3.8, 4) is 0 Å². The van der Waals surface area contributed by atoms with Crippen LogP contribution in [0.25, 0.3) is 0 Å². The average molecular weight is 301 g/mol. The molecular weight excluding hydrogens is 282 g/mol. The summed E-state index contributed by atoms with van der Waals surface area (Å²) in [6.07, 6.45) is 1.91. The predicted octanol–water partition coefficient (Wildman–Crippen LogP) is 0.696. The maximum atomic E-state index is 11.9. The smallest absolute Gasteiger partial charge is 0.287 e. The zero-order valence-corrected chi connectivity index (χ0v) is 12.1. The van der Waals surface area contributed by atoms with Gasteiger partial charge in [-0.2, -0.15) is 0 Å². The molecule has 2 amide bonds. The Bertz CT molecular complexity index is 596. The molecule has 1 aromatic carbocycles. The second kappa shape index (κ2) is 7.99. The molecule has 0 spiro atoms. The van der Waals surface area contributed by atoms with E-state index >= 15 is 0 Å². The Morgan fingerprint density at radius 1 is 1.05 bits per heavy atom. The van der Waals surface area contributed by atoms with Gasteiger partial charge in [0.1, 0.15) is 0 Å². The quantitative estimate of drug-likeness (QED) is 0.656. The number of carbonyl (C=O) groups is 2. The average Bonchev–Trinajstić information content (AvgIpc) is 3.06. The molecule has 116 valence electrons. The van der Waals surface area contributed by atoms with Crippen LogP contribution in [0.1, 0.15) is 16.1 Å². The highest BCUT2D eigenvalue weighted by Crippen LogP contribution is 2.01. The highest BCUT2D eigenvalue weighted by atomic mass is 16.3. The van der Waals surface area contributed by atoms with Gasteiger partial charge in [0.2, 0.25) is 5.91 Å². The van der Waals surface area contributed by atoms with Gasteiger partial charge in [-0.25, -0.2) is 0 Å². The summed E-state index contributed by atoms with van der Waals surface area (Å²) in [6.45, 7) is 0.622. The van der Waals surface area contributed by atoms with Gasteiger partial charge >= 0.3 is 0 Å². The van der Waals surface area contributed by atoms with Crippen molar-refractivity contribution in [2.75, 3.05) is 13.1 Å². The zero-order valence-electron chi connectivity index (χ0n) is 12.1. The van der Waals surface area contributed by atoms with Crippen molar-refractivity contribution in [1.82, 2.24) is 10.6 Å². The minimum absolute atomic E-state index is 0.240. The second-order valence-corrected chi connectivity index (χ2v) is 4.82. The Labute approximate surface area is 128 Å². The SMILES string of the molecule is NC(Cc1ccccc1)C(=O)NCCNC(=O)c1ccco1. The molecule has 0 aliphatic rings. The minimum atomic E-state index is -0.608. The van der Waals surface area contributed by atoms with Crippen molar-refractivity contribution < 1.29 is 14.0 Å². The van der Waals surface area contributed by atoms with Crippen LogP contribution in [-0.4, -0.2) is 30.9 Å². The van der Waals surface area contributed by atoms with E-state index < -0.39 is 6.04 Å². The number of benzene rings is 1. The summed E-state index contributed by atoms with van der Waals surface area (Å²) in [4.78, 5) is 23.4. The van der Waals surface area contributed by atoms with Crippen LogP contribution >= 0.6 is 0 Å². The molecule has 0 saturated carbocycles. The summed E-state index contributed by atoms with van der Waals surface area (Å²) in [5, 5.41) is 5.33. The third-order valence-corrected chi connectivity index (χ3v) is 3.09. The summed E-state index contributed by atoms with van der Waals surface area (Å²) < 4.78 is 4.96. The van der Waals surface area contributed by atoms with Crippen molar-refractivity contribution in [3.05, 3.63) is 60.1 Å². The van der Waals surface area contributed by atoms with Gasteiger partial charge in [-0.05, 0) is 24.1 Å². The molecule has 0 aliphatic carbocycles. The number of hydrogen-bond acceptors (Lipinski definition) is 4. The maximum absolute atomic E-state index is 11.9. The molecule has 0 aliphatic heterocycles. The molecule has 1 atom stereocenters. The van der Waals surface area contributed by atoms with Crippen LogP contribution in [0.3, 0.4) is 0 Å². The third-order valence-electron chi connectivity index (χ3n) is 3.09. The van der Waals surface area contributed by atoms with Gasteiger partial charge in [0.15, 0.2) is 5.76 Å². The van der Waals surface area contributed by atoms with Crippen LogP contribution in [0.2, 0.25) is 0 Å². The van der Waals surface area contributed by atoms with Crippen molar-refractivity contribution in [1.29, 1.82) is 0 Å². The fourth-order valence-corrected chi connectivity index (χ4v) is 1.95. The van der Waals surface area contributed by atoms with E-state index in [4.69, 9.17) is 10.2 Å². The molecule has 6 nitrogen and oxygen atoms in total. The fourth-order valence-electron chi connectivity index (χ4n) is 1.95. The molecule has 2 aromatic rings. The van der Waals surface area contributed by atoms with E-state index in [0.717, 1.165) is 5.56 Å². The van der Waals surface area contributed by atoms with Crippen molar-refractivity contribution >= 4 is 11.8 Å². The van der Waals surface area contributed by atoms with Crippen molar-refractivity contribution in [2.45, 2.75) is 12.5 Å². The van der Waals surface area contributed by atoms with Crippen LogP contribution in [0.5, 0.6) is 0 Å². The molecule has 1 heterocycles. The molecule has 4 N–H and O–H groups in total. The molecule has 0 radical (unpaired) electrons. The number of carbonyl (C=O) groups excluding carboxylic acids is 2. The Kier molecular flexibility index (Phi) is 5.73. The summed E-state index contributed by atoms with van der Waals surface area (Å²) in [7, 11) is 0. The zero-order chi connectivity index (χ0) is 15.8. The number of nitrogens with two attached hydrogens (primary N) is 1. The number of amides is 2. The van der Waals surface area contributed by atoms with Crippen LogP contribution in [0, 0.1) is 0 Å². The lowest BCUT2D eigenvalue weighted by molar-refractivity contribution is -0.122. The Hall–Kier alpha value is -2.60. The predicted molar refractivity (Wildman–Crippen MR) is 82.2 cm³/mol. The van der Waals surface area contributed by atoms with E-state index in [1.54, 1.807) is 12.1 Å². The van der Waals surface area contributed by atoms with Crippen LogP contribution < -0.4 is 16.4 Å². The van der Waals surface area contributed by atoms with E-state index in [1.165, 1.54) is 6.26 Å². The monoisotopic (exact) mass is 301 g/mol. The lowest BCUT2D eigenvalue weighted by Crippen LogP contribution is -2.44. The topological polar surface area (TPSA) is 97.4 Å². The lowest BCUT2D eigenvalue weighted by Gasteiger charge is -2.12. The van der Waals surface area contributed by atoms with Gasteiger partial charge in [-0.3, -0.25) is 9.59 Å². The van der Waals surface area contributed by atoms with Gasteiger partial charge < -0.3 is 20.8 Å². The largest absolute Gasteiger partial charge is 0.459 e. The first-order valence-corrected chi connectivity index (χ1v) is 7.06. The van der Waals surface area contributed by atoms with Gasteiger partial charge in [0.05, 0.1) is 12.3 Å². The second-order valence-electron chi connectivity index (χ2n) is 4.82. The van der Waals surface area contributed by atoms with Crippen molar-refractivity contribution in [2.24, 2.45) is 5.73 Å².